The molecule has 1 heterocycles. The van der Waals surface area contributed by atoms with Gasteiger partial charge in [-0.3, -0.25) is 0 Å². The van der Waals surface area contributed by atoms with Gasteiger partial charge in [-0.2, -0.15) is 0 Å². The summed E-state index contributed by atoms with van der Waals surface area (Å²) >= 11 is 0. The Hall–Kier alpha value is -1.35. The van der Waals surface area contributed by atoms with Gasteiger partial charge < -0.3 is 9.88 Å². The Labute approximate surface area is 116 Å². The number of fused-ring (bicyclic) bond motifs is 1. The Morgan fingerprint density at radius 2 is 1.89 bits per heavy atom. The van der Waals surface area contributed by atoms with Crippen LogP contribution in [0.25, 0.3) is 11.0 Å². The van der Waals surface area contributed by atoms with E-state index in [1.165, 1.54) is 5.52 Å². The van der Waals surface area contributed by atoms with E-state index in [4.69, 9.17) is 4.98 Å². The molecule has 3 nitrogen and oxygen atoms in total. The van der Waals surface area contributed by atoms with Crippen molar-refractivity contribution in [1.29, 1.82) is 0 Å². The number of benzene rings is 1. The first-order chi connectivity index (χ1) is 9.04. The van der Waals surface area contributed by atoms with E-state index in [0.29, 0.717) is 12.0 Å². The van der Waals surface area contributed by atoms with Gasteiger partial charge in [-0.05, 0) is 31.4 Å². The predicted molar refractivity (Wildman–Crippen MR) is 81.2 cm³/mol. The molecule has 0 bridgehead atoms. The normalized spacial score (nSPS) is 15.1. The van der Waals surface area contributed by atoms with Gasteiger partial charge in [-0.25, -0.2) is 4.98 Å². The molecule has 19 heavy (non-hydrogen) atoms. The number of imidazole rings is 1. The highest BCUT2D eigenvalue weighted by Crippen LogP contribution is 2.20. The van der Waals surface area contributed by atoms with Gasteiger partial charge in [0.05, 0.1) is 17.1 Å². The zero-order chi connectivity index (χ0) is 14.0. The standard InChI is InChI=1S/C16H25N3/c1-6-13(11(2)3)17-12(4)16-18-14-9-7-8-10-15(14)19(16)5/h7-13,17H,6H2,1-5H3. The minimum atomic E-state index is 0.268. The number of rotatable bonds is 5. The summed E-state index contributed by atoms with van der Waals surface area (Å²) in [7, 11) is 2.10. The van der Waals surface area contributed by atoms with Crippen molar-refractivity contribution in [2.24, 2.45) is 13.0 Å². The summed E-state index contributed by atoms with van der Waals surface area (Å²) in [5.41, 5.74) is 2.27. The highest BCUT2D eigenvalue weighted by molar-refractivity contribution is 5.75. The molecule has 2 aromatic rings. The Bertz CT molecular complexity index is 542. The molecule has 0 amide bonds. The predicted octanol–water partition coefficient (Wildman–Crippen LogP) is 3.66. The fraction of sp³-hybridized carbons (Fsp3) is 0.562. The molecule has 104 valence electrons. The van der Waals surface area contributed by atoms with Crippen LogP contribution in [-0.4, -0.2) is 15.6 Å². The molecule has 0 saturated carbocycles. The third-order valence-electron chi connectivity index (χ3n) is 3.92. The van der Waals surface area contributed by atoms with E-state index in [1.807, 2.05) is 6.07 Å². The second-order valence-corrected chi connectivity index (χ2v) is 5.66. The molecule has 2 rings (SSSR count). The number of para-hydroxylation sites is 2. The van der Waals surface area contributed by atoms with E-state index in [-0.39, 0.29) is 6.04 Å². The molecule has 1 aromatic carbocycles. The number of aryl methyl sites for hydroxylation is 1. The smallest absolute Gasteiger partial charge is 0.126 e. The van der Waals surface area contributed by atoms with Crippen molar-refractivity contribution >= 4 is 11.0 Å². The summed E-state index contributed by atoms with van der Waals surface area (Å²) in [6.45, 7) is 8.97. The molecule has 3 heteroatoms. The first-order valence-electron chi connectivity index (χ1n) is 7.22. The quantitative estimate of drug-likeness (QED) is 0.888. The second kappa shape index (κ2) is 5.74. The SMILES string of the molecule is CCC(NC(C)c1nc2ccccc2n1C)C(C)C. The molecule has 0 radical (unpaired) electrons. The fourth-order valence-electron chi connectivity index (χ4n) is 2.73. The van der Waals surface area contributed by atoms with Crippen molar-refractivity contribution in [2.75, 3.05) is 0 Å². The zero-order valence-corrected chi connectivity index (χ0v) is 12.6. The maximum absolute atomic E-state index is 4.76. The van der Waals surface area contributed by atoms with E-state index in [2.05, 4.69) is 62.8 Å². The lowest BCUT2D eigenvalue weighted by atomic mass is 10.0. The summed E-state index contributed by atoms with van der Waals surface area (Å²) < 4.78 is 2.19. The van der Waals surface area contributed by atoms with Crippen LogP contribution in [0.3, 0.4) is 0 Å². The average Bonchev–Trinajstić information content (AvgIpc) is 2.73. The lowest BCUT2D eigenvalue weighted by molar-refractivity contribution is 0.347. The first-order valence-corrected chi connectivity index (χ1v) is 7.22. The first kappa shape index (κ1) is 14.1. The highest BCUT2D eigenvalue weighted by atomic mass is 15.1. The van der Waals surface area contributed by atoms with Crippen molar-refractivity contribution in [2.45, 2.75) is 46.2 Å². The maximum Gasteiger partial charge on any atom is 0.126 e. The van der Waals surface area contributed by atoms with Crippen LogP contribution in [0.1, 0.15) is 46.0 Å². The minimum absolute atomic E-state index is 0.268. The lowest BCUT2D eigenvalue weighted by Gasteiger charge is -2.25. The van der Waals surface area contributed by atoms with Crippen LogP contribution in [0.15, 0.2) is 24.3 Å². The maximum atomic E-state index is 4.76. The zero-order valence-electron chi connectivity index (χ0n) is 12.6. The summed E-state index contributed by atoms with van der Waals surface area (Å²) in [6, 6.07) is 9.11. The molecule has 2 unspecified atom stereocenters. The number of hydrogen-bond acceptors (Lipinski definition) is 2. The van der Waals surface area contributed by atoms with Crippen LogP contribution in [-0.2, 0) is 7.05 Å². The Morgan fingerprint density at radius 3 is 2.47 bits per heavy atom. The van der Waals surface area contributed by atoms with Crippen molar-refractivity contribution < 1.29 is 0 Å². The van der Waals surface area contributed by atoms with E-state index >= 15 is 0 Å². The fourth-order valence-corrected chi connectivity index (χ4v) is 2.73. The number of nitrogens with zero attached hydrogens (tertiary/aromatic N) is 2. The molecule has 1 aromatic heterocycles. The van der Waals surface area contributed by atoms with E-state index in [1.54, 1.807) is 0 Å². The molecule has 0 aliphatic rings. The van der Waals surface area contributed by atoms with Crippen molar-refractivity contribution in [3.8, 4) is 0 Å². The van der Waals surface area contributed by atoms with Crippen LogP contribution in [0.4, 0.5) is 0 Å². The third-order valence-corrected chi connectivity index (χ3v) is 3.92. The van der Waals surface area contributed by atoms with Crippen LogP contribution >= 0.6 is 0 Å². The summed E-state index contributed by atoms with van der Waals surface area (Å²) in [5, 5.41) is 3.70. The van der Waals surface area contributed by atoms with Crippen LogP contribution in [0, 0.1) is 5.92 Å². The molecular formula is C16H25N3. The summed E-state index contributed by atoms with van der Waals surface area (Å²) in [6.07, 6.45) is 1.14. The van der Waals surface area contributed by atoms with Gasteiger partial charge in [0.2, 0.25) is 0 Å². The van der Waals surface area contributed by atoms with Gasteiger partial charge in [0.25, 0.3) is 0 Å². The monoisotopic (exact) mass is 259 g/mol. The van der Waals surface area contributed by atoms with Gasteiger partial charge in [0.15, 0.2) is 0 Å². The molecule has 0 saturated heterocycles. The van der Waals surface area contributed by atoms with E-state index in [0.717, 1.165) is 17.8 Å². The largest absolute Gasteiger partial charge is 0.330 e. The second-order valence-electron chi connectivity index (χ2n) is 5.66. The van der Waals surface area contributed by atoms with Gasteiger partial charge in [0, 0.05) is 13.1 Å². The molecule has 0 aliphatic carbocycles. The Morgan fingerprint density at radius 1 is 1.21 bits per heavy atom. The van der Waals surface area contributed by atoms with E-state index in [9.17, 15) is 0 Å². The Balaban J connectivity index is 2.26. The lowest BCUT2D eigenvalue weighted by Crippen LogP contribution is -2.36. The molecule has 1 N–H and O–H groups in total. The molecule has 2 atom stereocenters. The van der Waals surface area contributed by atoms with Crippen LogP contribution in [0.2, 0.25) is 0 Å². The number of nitrogens with one attached hydrogen (secondary N) is 1. The van der Waals surface area contributed by atoms with Crippen LogP contribution < -0.4 is 5.32 Å². The van der Waals surface area contributed by atoms with Crippen LogP contribution in [0.5, 0.6) is 0 Å². The van der Waals surface area contributed by atoms with Gasteiger partial charge in [0.1, 0.15) is 5.82 Å². The average molecular weight is 259 g/mol. The van der Waals surface area contributed by atoms with Crippen molar-refractivity contribution in [3.05, 3.63) is 30.1 Å². The van der Waals surface area contributed by atoms with Crippen molar-refractivity contribution in [1.82, 2.24) is 14.9 Å². The van der Waals surface area contributed by atoms with Gasteiger partial charge in [-0.1, -0.05) is 32.9 Å². The number of hydrogen-bond donors (Lipinski definition) is 1. The summed E-state index contributed by atoms with van der Waals surface area (Å²) in [4.78, 5) is 4.76. The Kier molecular flexibility index (Phi) is 4.25. The third kappa shape index (κ3) is 2.81. The molecule has 0 fully saturated rings. The summed E-state index contributed by atoms with van der Waals surface area (Å²) in [5.74, 6) is 1.75. The molecule has 0 aliphatic heterocycles. The highest BCUT2D eigenvalue weighted by Gasteiger charge is 2.19. The molecule has 0 spiro atoms. The molecular weight excluding hydrogens is 234 g/mol. The van der Waals surface area contributed by atoms with Gasteiger partial charge >= 0.3 is 0 Å². The minimum Gasteiger partial charge on any atom is -0.330 e. The number of aromatic nitrogens is 2. The topological polar surface area (TPSA) is 29.9 Å². The van der Waals surface area contributed by atoms with Gasteiger partial charge in [-0.15, -0.1) is 0 Å². The van der Waals surface area contributed by atoms with E-state index < -0.39 is 0 Å². The van der Waals surface area contributed by atoms with Crippen molar-refractivity contribution in [3.63, 3.8) is 0 Å².